The number of phosphoric acid groups is 3. The van der Waals surface area contributed by atoms with Gasteiger partial charge in [-0.1, -0.05) is 12.2 Å². The van der Waals surface area contributed by atoms with Gasteiger partial charge in [-0.2, -0.15) is 13.6 Å². The van der Waals surface area contributed by atoms with Gasteiger partial charge in [-0.3, -0.25) is 4.89 Å². The molecule has 2 aromatic rings. The average molecular weight is 423 g/mol. The third-order valence-corrected chi connectivity index (χ3v) is 6.01. The van der Waals surface area contributed by atoms with Crippen LogP contribution >= 0.6 is 35.7 Å². The number of rotatable bonds is 6. The topological polar surface area (TPSA) is 232 Å². The number of imidazole rings is 1. The maximum Gasteiger partial charge on any atom is 0.555 e. The largest absolute Gasteiger partial charge is 0.555 e. The van der Waals surface area contributed by atoms with Gasteiger partial charge in [0.25, 0.3) is 0 Å². The first-order valence-corrected chi connectivity index (χ1v) is 10.3. The van der Waals surface area contributed by atoms with E-state index in [0.717, 1.165) is 6.33 Å². The van der Waals surface area contributed by atoms with E-state index in [2.05, 4.69) is 28.2 Å². The Morgan fingerprint density at radius 3 is 2.38 bits per heavy atom. The fourth-order valence-corrected chi connectivity index (χ4v) is 4.59. The zero-order valence-electron chi connectivity index (χ0n) is 11.0. The third-order valence-electron chi connectivity index (χ3n) is 2.00. The minimum atomic E-state index is -5.64. The van der Waals surface area contributed by atoms with Gasteiger partial charge in [0.1, 0.15) is 16.5 Å². The lowest BCUT2D eigenvalue weighted by Gasteiger charge is -2.16. The molecule has 24 heavy (non-hydrogen) atoms. The average Bonchev–Trinajstić information content (AvgIpc) is 2.66. The van der Waals surface area contributed by atoms with Crippen LogP contribution < -0.4 is 10.4 Å². The van der Waals surface area contributed by atoms with Crippen LogP contribution in [0.3, 0.4) is 0 Å². The maximum absolute atomic E-state index is 11.7. The Balaban J connectivity index is 2.30. The van der Waals surface area contributed by atoms with Crippen molar-refractivity contribution in [2.45, 2.75) is 0 Å². The predicted molar refractivity (Wildman–Crippen MR) is 77.6 cm³/mol. The number of fused-ring (bicyclic) bond motifs is 1. The minimum absolute atomic E-state index is 0.0119. The molecule has 0 aliphatic heterocycles. The molecule has 2 heterocycles. The number of aromatic nitrogens is 4. The van der Waals surface area contributed by atoms with Gasteiger partial charge < -0.3 is 30.0 Å². The van der Waals surface area contributed by atoms with E-state index in [1.54, 1.807) is 0 Å². The maximum atomic E-state index is 11.7. The molecule has 0 radical (unpaired) electrons. The molecule has 2 rings (SSSR count). The first-order chi connectivity index (χ1) is 10.8. The van der Waals surface area contributed by atoms with E-state index in [-0.39, 0.29) is 21.8 Å². The number of nitrogens with one attached hydrogen (secondary N) is 1. The fraction of sp³-hybridized carbons (Fsp3) is 0. The zero-order valence-corrected chi connectivity index (χ0v) is 14.5. The Bertz CT molecular complexity index is 979. The molecule has 2 unspecified atom stereocenters. The highest BCUT2D eigenvalue weighted by Gasteiger charge is 2.42. The van der Waals surface area contributed by atoms with Crippen molar-refractivity contribution in [2.24, 2.45) is 0 Å². The van der Waals surface area contributed by atoms with E-state index >= 15 is 0 Å². The van der Waals surface area contributed by atoms with E-state index in [1.165, 1.54) is 0 Å². The zero-order chi connectivity index (χ0) is 18.3. The lowest BCUT2D eigenvalue weighted by atomic mass is 10.6. The minimum Gasteiger partial charge on any atom is -0.369 e. The number of nitrogens with two attached hydrogens (primary N) is 1. The second-order valence-electron chi connectivity index (χ2n) is 3.87. The van der Waals surface area contributed by atoms with E-state index in [0.29, 0.717) is 4.73 Å². The van der Waals surface area contributed by atoms with Gasteiger partial charge in [-0.25, -0.2) is 18.7 Å². The van der Waals surface area contributed by atoms with Gasteiger partial charge in [0.15, 0.2) is 0 Å². The molecule has 7 N–H and O–H groups in total. The molecule has 19 heteroatoms. The predicted octanol–water partition coefficient (Wildman–Crippen LogP) is -0.174. The summed E-state index contributed by atoms with van der Waals surface area (Å²) in [6.07, 6.45) is 0.819. The number of nitrogens with zero attached hydrogens (tertiary/aromatic N) is 3. The van der Waals surface area contributed by atoms with Crippen molar-refractivity contribution >= 4 is 52.8 Å². The molecule has 0 aromatic carbocycles. The van der Waals surface area contributed by atoms with Gasteiger partial charge >= 0.3 is 23.5 Å². The van der Waals surface area contributed by atoms with Crippen molar-refractivity contribution in [3.05, 3.63) is 11.0 Å². The number of nitrogen functional groups attached to an aromatic ring is 1. The van der Waals surface area contributed by atoms with E-state index < -0.39 is 23.5 Å². The summed E-state index contributed by atoms with van der Waals surface area (Å²) < 4.78 is 45.4. The quantitative estimate of drug-likeness (QED) is 0.261. The van der Waals surface area contributed by atoms with E-state index in [9.17, 15) is 18.6 Å². The van der Waals surface area contributed by atoms with Gasteiger partial charge in [-0.15, -0.1) is 4.73 Å². The number of H-pyrrole nitrogens is 1. The van der Waals surface area contributed by atoms with Crippen molar-refractivity contribution < 1.29 is 46.5 Å². The summed E-state index contributed by atoms with van der Waals surface area (Å²) in [6, 6.07) is 0. The highest BCUT2D eigenvalue weighted by Crippen LogP contribution is 2.65. The van der Waals surface area contributed by atoms with Crippen molar-refractivity contribution in [1.29, 1.82) is 0 Å². The molecule has 0 fully saturated rings. The molecular weight excluding hydrogens is 415 g/mol. The van der Waals surface area contributed by atoms with E-state index in [1.807, 2.05) is 0 Å². The van der Waals surface area contributed by atoms with Crippen molar-refractivity contribution in [3.8, 4) is 0 Å². The van der Waals surface area contributed by atoms with Crippen LogP contribution in [0.15, 0.2) is 6.33 Å². The van der Waals surface area contributed by atoms with Crippen molar-refractivity contribution in [1.82, 2.24) is 19.7 Å². The molecule has 134 valence electrons. The first-order valence-electron chi connectivity index (χ1n) is 5.35. The fourth-order valence-electron chi connectivity index (χ4n) is 1.37. The summed E-state index contributed by atoms with van der Waals surface area (Å²) in [7, 11) is -16.5. The second-order valence-corrected chi connectivity index (χ2v) is 8.60. The van der Waals surface area contributed by atoms with Crippen LogP contribution in [0, 0.1) is 4.64 Å². The molecule has 2 atom stereocenters. The van der Waals surface area contributed by atoms with Crippen LogP contribution in [0.5, 0.6) is 0 Å². The van der Waals surface area contributed by atoms with Crippen LogP contribution in [0.2, 0.25) is 0 Å². The smallest absolute Gasteiger partial charge is 0.369 e. The van der Waals surface area contributed by atoms with Crippen LogP contribution in [0.4, 0.5) is 5.95 Å². The van der Waals surface area contributed by atoms with Gasteiger partial charge in [0.2, 0.25) is 11.6 Å². The standard InChI is InChI=1S/C5H8N5O10P3S/c6-5-8-3-2(4(24)9-5)7-1-10(3)18-22(14,15)20-23(16,17)19-21(11,12)13/h1H,(H,14,15)(H,16,17)(H2,11,12,13)(H3,6,8,9,24). The Morgan fingerprint density at radius 2 is 1.79 bits per heavy atom. The molecule has 0 bridgehead atoms. The Labute approximate surface area is 136 Å². The highest BCUT2D eigenvalue weighted by molar-refractivity contribution is 7.71. The number of hydrogen-bond acceptors (Lipinski definition) is 10. The van der Waals surface area contributed by atoms with Crippen LogP contribution in [0.1, 0.15) is 0 Å². The highest BCUT2D eigenvalue weighted by atomic mass is 32.1. The van der Waals surface area contributed by atoms with Gasteiger partial charge in [0.05, 0.1) is 0 Å². The monoisotopic (exact) mass is 423 g/mol. The first kappa shape index (κ1) is 19.1. The summed E-state index contributed by atoms with van der Waals surface area (Å²) in [4.78, 5) is 45.2. The molecule has 0 saturated carbocycles. The summed E-state index contributed by atoms with van der Waals surface area (Å²) >= 11 is 4.88. The molecule has 0 aliphatic rings. The summed E-state index contributed by atoms with van der Waals surface area (Å²) in [5.74, 6) is -0.191. The number of aromatic amines is 1. The molecule has 0 spiro atoms. The Hall–Kier alpha value is -1.18. The molecule has 0 amide bonds. The number of hydrogen-bond donors (Lipinski definition) is 6. The number of anilines is 1. The second kappa shape index (κ2) is 6.28. The molecule has 0 aliphatic carbocycles. The van der Waals surface area contributed by atoms with Crippen LogP contribution in [-0.2, 0) is 22.3 Å². The lowest BCUT2D eigenvalue weighted by molar-refractivity contribution is 0.163. The van der Waals surface area contributed by atoms with Crippen LogP contribution in [-0.4, -0.2) is 39.3 Å². The normalized spacial score (nSPS) is 17.3. The summed E-state index contributed by atoms with van der Waals surface area (Å²) in [6.45, 7) is 0. The van der Waals surface area contributed by atoms with Crippen LogP contribution in [0.25, 0.3) is 11.2 Å². The van der Waals surface area contributed by atoms with Crippen molar-refractivity contribution in [3.63, 3.8) is 0 Å². The third kappa shape index (κ3) is 4.91. The molecule has 2 aromatic heterocycles. The summed E-state index contributed by atoms with van der Waals surface area (Å²) in [5, 5.41) is 0. The molecule has 15 nitrogen and oxygen atoms in total. The molecule has 0 saturated heterocycles. The van der Waals surface area contributed by atoms with Gasteiger partial charge in [-0.05, 0) is 0 Å². The lowest BCUT2D eigenvalue weighted by Crippen LogP contribution is -2.10. The Kier molecular flexibility index (Phi) is 5.01. The van der Waals surface area contributed by atoms with Crippen molar-refractivity contribution in [2.75, 3.05) is 5.73 Å². The summed E-state index contributed by atoms with van der Waals surface area (Å²) in [5.41, 5.74) is 5.18. The SMILES string of the molecule is Nc1nc2c(ncn2OP(=O)(O)OP(=O)(O)OP(=O)(O)O)c(=S)[nH]1. The van der Waals surface area contributed by atoms with E-state index in [4.69, 9.17) is 32.6 Å². The Morgan fingerprint density at radius 1 is 1.17 bits per heavy atom. The molecular formula is C5H8N5O10P3S. The van der Waals surface area contributed by atoms with Gasteiger partial charge in [0, 0.05) is 0 Å².